The summed E-state index contributed by atoms with van der Waals surface area (Å²) in [4.78, 5) is 2.13. The van der Waals surface area contributed by atoms with Gasteiger partial charge in [0, 0.05) is 30.9 Å². The van der Waals surface area contributed by atoms with Crippen LogP contribution in [0.1, 0.15) is 11.1 Å². The average molecular weight is 644 g/mol. The lowest BCUT2D eigenvalue weighted by Gasteiger charge is -2.25. The Morgan fingerprint density at radius 1 is 0.565 bits per heavy atom. The Balaban J connectivity index is 1.91. The van der Waals surface area contributed by atoms with Gasteiger partial charge in [-0.25, -0.2) is 8.97 Å². The third-order valence-corrected chi connectivity index (χ3v) is 7.14. The topological polar surface area (TPSA) is 124 Å². The van der Waals surface area contributed by atoms with Crippen LogP contribution in [0.2, 0.25) is 0 Å². The summed E-state index contributed by atoms with van der Waals surface area (Å²) < 4.78 is 38.0. The predicted molar refractivity (Wildman–Crippen MR) is 176 cm³/mol. The normalized spacial score (nSPS) is 12.6. The van der Waals surface area contributed by atoms with E-state index in [1.165, 1.54) is 12.1 Å². The Bertz CT molecular complexity index is 1220. The van der Waals surface area contributed by atoms with Crippen molar-refractivity contribution in [3.8, 4) is 0 Å². The molecule has 0 aliphatic heterocycles. The molecule has 3 rings (SSSR count). The maximum absolute atomic E-state index is 13.9. The van der Waals surface area contributed by atoms with E-state index in [2.05, 4.69) is 9.48 Å². The van der Waals surface area contributed by atoms with Gasteiger partial charge in [-0.3, -0.25) is 0 Å². The molecule has 0 saturated heterocycles. The number of hydrogen-bond donors (Lipinski definition) is 4. The molecule has 4 N–H and O–H groups in total. The Kier molecular flexibility index (Phi) is 18.0. The van der Waals surface area contributed by atoms with Crippen LogP contribution in [0, 0.1) is 5.82 Å². The first-order chi connectivity index (χ1) is 22.6. The quantitative estimate of drug-likeness (QED) is 0.106. The molecule has 46 heavy (non-hydrogen) atoms. The lowest BCUT2D eigenvalue weighted by Crippen LogP contribution is -2.31. The number of ether oxygens (including phenoxy) is 4. The molecule has 0 fully saturated rings. The van der Waals surface area contributed by atoms with Crippen LogP contribution in [0.4, 0.5) is 10.1 Å². The van der Waals surface area contributed by atoms with Crippen LogP contribution in [-0.4, -0.2) is 136 Å². The zero-order valence-corrected chi connectivity index (χ0v) is 26.4. The van der Waals surface area contributed by atoms with Gasteiger partial charge in [-0.2, -0.15) is 0 Å². The standard InChI is InChI=1S/C35H48FN2O8/c36-32-7-1-29(2-8-32)35(30-3-9-33(10-4-30)37(13-21-43-25-17-39)14-22-44-26-18-40)31-5-11-34(12-6-31)38(15-23-45-27-19-41)16-24-46-28-20-42/h1-12,39-42H,13-28H2/q+1. The predicted octanol–water partition coefficient (Wildman–Crippen LogP) is 2.05. The van der Waals surface area contributed by atoms with Gasteiger partial charge in [-0.15, -0.1) is 0 Å². The highest BCUT2D eigenvalue weighted by Gasteiger charge is 2.17. The second kappa shape index (κ2) is 22.3. The van der Waals surface area contributed by atoms with Crippen LogP contribution in [0.15, 0.2) is 78.4 Å². The summed E-state index contributed by atoms with van der Waals surface area (Å²) in [5.74, 6) is -0.307. The zero-order chi connectivity index (χ0) is 32.8. The van der Waals surface area contributed by atoms with Crippen LogP contribution >= 0.6 is 0 Å². The second-order valence-electron chi connectivity index (χ2n) is 10.3. The lowest BCUT2D eigenvalue weighted by atomic mass is 9.90. The summed E-state index contributed by atoms with van der Waals surface area (Å²) in [6.45, 7) is 5.14. The first kappa shape index (κ1) is 37.2. The fourth-order valence-electron chi connectivity index (χ4n) is 4.90. The SMILES string of the molecule is OCCOCCN(CCOCCO)c1ccc(C(=C2C=CC(=[N+](CCOCCO)CCOCCO)C=C2)c2ccc(F)cc2)cc1. The van der Waals surface area contributed by atoms with Crippen molar-refractivity contribution < 1.29 is 48.3 Å². The fraction of sp³-hybridized carbons (Fsp3) is 0.457. The molecular formula is C35H48FN2O8+. The maximum Gasteiger partial charge on any atom is 0.200 e. The second-order valence-corrected chi connectivity index (χ2v) is 10.3. The number of aliphatic hydroxyl groups excluding tert-OH is 4. The number of anilines is 1. The third kappa shape index (κ3) is 12.9. The van der Waals surface area contributed by atoms with E-state index in [0.29, 0.717) is 52.6 Å². The van der Waals surface area contributed by atoms with Gasteiger partial charge in [0.15, 0.2) is 18.8 Å². The number of nitrogens with zero attached hydrogens (tertiary/aromatic N) is 2. The van der Waals surface area contributed by atoms with Crippen molar-refractivity contribution in [3.05, 3.63) is 95.4 Å². The van der Waals surface area contributed by atoms with Crippen molar-refractivity contribution in [2.45, 2.75) is 0 Å². The van der Waals surface area contributed by atoms with Crippen LogP contribution in [0.25, 0.3) is 5.57 Å². The molecule has 10 nitrogen and oxygen atoms in total. The highest BCUT2D eigenvalue weighted by atomic mass is 19.1. The van der Waals surface area contributed by atoms with Crippen LogP contribution in [0.5, 0.6) is 0 Å². The first-order valence-electron chi connectivity index (χ1n) is 15.7. The highest BCUT2D eigenvalue weighted by molar-refractivity contribution is 6.04. The van der Waals surface area contributed by atoms with Crippen molar-refractivity contribution in [1.29, 1.82) is 0 Å². The van der Waals surface area contributed by atoms with Crippen LogP contribution < -0.4 is 4.90 Å². The number of aliphatic hydroxyl groups is 4. The van der Waals surface area contributed by atoms with Gasteiger partial charge >= 0.3 is 0 Å². The summed E-state index contributed by atoms with van der Waals surface area (Å²) >= 11 is 0. The Morgan fingerprint density at radius 3 is 1.46 bits per heavy atom. The molecule has 0 heterocycles. The summed E-state index contributed by atoms with van der Waals surface area (Å²) in [5.41, 5.74) is 5.69. The Morgan fingerprint density at radius 2 is 1.00 bits per heavy atom. The first-order valence-corrected chi connectivity index (χ1v) is 15.7. The van der Waals surface area contributed by atoms with Gasteiger partial charge in [0.25, 0.3) is 0 Å². The molecule has 0 unspecified atom stereocenters. The van der Waals surface area contributed by atoms with E-state index in [-0.39, 0.29) is 58.7 Å². The van der Waals surface area contributed by atoms with Crippen molar-refractivity contribution in [1.82, 2.24) is 0 Å². The number of halogens is 1. The van der Waals surface area contributed by atoms with E-state index in [4.69, 9.17) is 39.4 Å². The third-order valence-electron chi connectivity index (χ3n) is 7.14. The Hall–Kier alpha value is -3.26. The number of rotatable bonds is 23. The maximum atomic E-state index is 13.9. The molecule has 1 aliphatic carbocycles. The van der Waals surface area contributed by atoms with Crippen molar-refractivity contribution in [2.24, 2.45) is 0 Å². The van der Waals surface area contributed by atoms with E-state index in [0.717, 1.165) is 33.7 Å². The molecule has 11 heteroatoms. The molecule has 252 valence electrons. The molecule has 0 aromatic heterocycles. The van der Waals surface area contributed by atoms with Crippen LogP contribution in [0.3, 0.4) is 0 Å². The summed E-state index contributed by atoms with van der Waals surface area (Å²) in [6, 6.07) is 14.6. The minimum atomic E-state index is -0.307. The molecule has 2 aromatic rings. The molecule has 1 aliphatic rings. The Labute approximate surface area is 270 Å². The minimum Gasteiger partial charge on any atom is -0.394 e. The molecule has 0 radical (unpaired) electrons. The molecule has 0 spiro atoms. The van der Waals surface area contributed by atoms with Gasteiger partial charge in [0.1, 0.15) is 19.0 Å². The zero-order valence-electron chi connectivity index (χ0n) is 26.4. The largest absolute Gasteiger partial charge is 0.394 e. The molecule has 0 atom stereocenters. The molecular weight excluding hydrogens is 595 g/mol. The number of benzene rings is 2. The van der Waals surface area contributed by atoms with Crippen LogP contribution in [-0.2, 0) is 18.9 Å². The fourth-order valence-corrected chi connectivity index (χ4v) is 4.90. The molecule has 0 saturated carbocycles. The van der Waals surface area contributed by atoms with Crippen molar-refractivity contribution >= 4 is 17.0 Å². The van der Waals surface area contributed by atoms with Crippen molar-refractivity contribution in [2.75, 3.05) is 110 Å². The molecule has 0 bridgehead atoms. The van der Waals surface area contributed by atoms with Crippen molar-refractivity contribution in [3.63, 3.8) is 0 Å². The summed E-state index contributed by atoms with van der Waals surface area (Å²) in [5, 5.41) is 36.2. The number of hydrogen-bond acceptors (Lipinski definition) is 9. The summed E-state index contributed by atoms with van der Waals surface area (Å²) in [6.07, 6.45) is 8.15. The van der Waals surface area contributed by atoms with Gasteiger partial charge in [-0.05, 0) is 58.7 Å². The van der Waals surface area contributed by atoms with E-state index in [1.54, 1.807) is 12.1 Å². The molecule has 2 aromatic carbocycles. The number of allylic oxidation sites excluding steroid dienone is 5. The average Bonchev–Trinajstić information content (AvgIpc) is 3.08. The van der Waals surface area contributed by atoms with E-state index >= 15 is 0 Å². The van der Waals surface area contributed by atoms with Gasteiger partial charge < -0.3 is 44.3 Å². The summed E-state index contributed by atoms with van der Waals surface area (Å²) in [7, 11) is 0. The lowest BCUT2D eigenvalue weighted by molar-refractivity contribution is -0.532. The van der Waals surface area contributed by atoms with Gasteiger partial charge in [0.2, 0.25) is 0 Å². The monoisotopic (exact) mass is 643 g/mol. The van der Waals surface area contributed by atoms with E-state index in [9.17, 15) is 4.39 Å². The minimum absolute atomic E-state index is 0.0343. The van der Waals surface area contributed by atoms with Gasteiger partial charge in [0.05, 0.1) is 66.1 Å². The van der Waals surface area contributed by atoms with Gasteiger partial charge in [-0.1, -0.05) is 24.3 Å². The van der Waals surface area contributed by atoms with E-state index < -0.39 is 0 Å². The smallest absolute Gasteiger partial charge is 0.200 e. The van der Waals surface area contributed by atoms with E-state index in [1.807, 2.05) is 48.6 Å². The molecule has 0 amide bonds. The highest BCUT2D eigenvalue weighted by Crippen LogP contribution is 2.31.